The van der Waals surface area contributed by atoms with Crippen LogP contribution in [0.3, 0.4) is 0 Å². The number of hydrogen-bond donors (Lipinski definition) is 2. The number of nitrogens with two attached hydrogens (primary N) is 1. The van der Waals surface area contributed by atoms with Crippen LogP contribution in [0.1, 0.15) is 34.6 Å². The molecule has 2 atom stereocenters. The number of hydrogen-bond acceptors (Lipinski definition) is 5. The molecule has 0 unspecified atom stereocenters. The Labute approximate surface area is 157 Å². The number of carbonyl (C=O) groups excluding carboxylic acids is 1. The van der Waals surface area contributed by atoms with Crippen LogP contribution >= 0.6 is 11.6 Å². The van der Waals surface area contributed by atoms with Crippen LogP contribution in [0, 0.1) is 0 Å². The molecule has 0 saturated heterocycles. The second kappa shape index (κ2) is 6.84. The molecule has 0 fully saturated rings. The predicted molar refractivity (Wildman–Crippen MR) is 91.4 cm³/mol. The molecule has 1 aliphatic heterocycles. The molecule has 27 heavy (non-hydrogen) atoms. The molecule has 2 aromatic rings. The first-order valence-corrected chi connectivity index (χ1v) is 8.18. The van der Waals surface area contributed by atoms with E-state index >= 15 is 0 Å². The molecule has 146 valence electrons. The fraction of sp³-hybridized carbons (Fsp3) is 0.375. The molecule has 3 rings (SSSR count). The van der Waals surface area contributed by atoms with Crippen LogP contribution in [0.5, 0.6) is 11.5 Å². The second-order valence-electron chi connectivity index (χ2n) is 5.92. The first-order chi connectivity index (χ1) is 12.7. The zero-order chi connectivity index (χ0) is 19.9. The van der Waals surface area contributed by atoms with Crippen molar-refractivity contribution in [2.24, 2.45) is 5.73 Å². The predicted octanol–water partition coefficient (Wildman–Crippen LogP) is 3.31. The van der Waals surface area contributed by atoms with Crippen molar-refractivity contribution in [1.29, 1.82) is 0 Å². The van der Waals surface area contributed by atoms with Gasteiger partial charge in [0.1, 0.15) is 10.8 Å². The van der Waals surface area contributed by atoms with Gasteiger partial charge in [0.05, 0.1) is 20.3 Å². The summed E-state index contributed by atoms with van der Waals surface area (Å²) >= 11 is 6.05. The Kier molecular flexibility index (Phi) is 4.85. The van der Waals surface area contributed by atoms with Gasteiger partial charge in [-0.15, -0.1) is 0 Å². The molecule has 0 aliphatic carbocycles. The molecule has 3 N–H and O–H groups in total. The molecule has 0 saturated carbocycles. The summed E-state index contributed by atoms with van der Waals surface area (Å²) in [5.74, 6) is -0.294. The average molecular weight is 405 g/mol. The van der Waals surface area contributed by atoms with Crippen LogP contribution in [-0.2, 0) is 0 Å². The highest BCUT2D eigenvalue weighted by Crippen LogP contribution is 2.46. The lowest BCUT2D eigenvalue weighted by molar-refractivity contribution is -0.173. The summed E-state index contributed by atoms with van der Waals surface area (Å²) in [6, 6.07) is 2.08. The van der Waals surface area contributed by atoms with E-state index in [1.165, 1.54) is 14.2 Å². The minimum Gasteiger partial charge on any atom is -0.493 e. The Balaban J connectivity index is 2.07. The lowest BCUT2D eigenvalue weighted by atomic mass is 9.96. The fourth-order valence-electron chi connectivity index (χ4n) is 3.04. The zero-order valence-corrected chi connectivity index (χ0v) is 15.1. The van der Waals surface area contributed by atoms with Crippen molar-refractivity contribution in [2.45, 2.75) is 24.7 Å². The Hall–Kier alpha value is -2.62. The number of halogens is 4. The van der Waals surface area contributed by atoms with E-state index in [0.717, 1.165) is 0 Å². The maximum Gasteiger partial charge on any atom is 0.410 e. The number of methoxy groups -OCH3 is 2. The third-order valence-electron chi connectivity index (χ3n) is 4.34. The van der Waals surface area contributed by atoms with Crippen molar-refractivity contribution >= 4 is 23.3 Å². The Bertz CT molecular complexity index is 885. The number of anilines is 1. The van der Waals surface area contributed by atoms with Crippen LogP contribution in [-0.4, -0.2) is 36.1 Å². The maximum absolute atomic E-state index is 13.6. The van der Waals surface area contributed by atoms with Crippen molar-refractivity contribution in [2.75, 3.05) is 19.5 Å². The van der Waals surface area contributed by atoms with Gasteiger partial charge in [0.25, 0.3) is 5.91 Å². The average Bonchev–Trinajstić information content (AvgIpc) is 2.96. The van der Waals surface area contributed by atoms with E-state index in [9.17, 15) is 18.0 Å². The number of carbonyl (C=O) groups is 1. The van der Waals surface area contributed by atoms with Gasteiger partial charge in [-0.3, -0.25) is 4.79 Å². The molecule has 1 aromatic carbocycles. The quantitative estimate of drug-likeness (QED) is 0.815. The number of nitrogens with one attached hydrogen (secondary N) is 1. The number of nitrogens with zero attached hydrogens (tertiary/aromatic N) is 2. The minimum absolute atomic E-state index is 0.112. The topological polar surface area (TPSA) is 91.4 Å². The molecule has 0 spiro atoms. The zero-order valence-electron chi connectivity index (χ0n) is 14.3. The maximum atomic E-state index is 13.6. The first-order valence-electron chi connectivity index (χ1n) is 7.80. The van der Waals surface area contributed by atoms with Crippen molar-refractivity contribution in [3.63, 3.8) is 0 Å². The second-order valence-corrected chi connectivity index (χ2v) is 6.30. The highest BCUT2D eigenvalue weighted by atomic mass is 35.5. The molecule has 0 radical (unpaired) electrons. The summed E-state index contributed by atoms with van der Waals surface area (Å²) in [4.78, 5) is 11.4. The van der Waals surface area contributed by atoms with Crippen molar-refractivity contribution in [3.8, 4) is 11.5 Å². The van der Waals surface area contributed by atoms with Crippen molar-refractivity contribution in [3.05, 3.63) is 34.5 Å². The van der Waals surface area contributed by atoms with E-state index in [1.807, 2.05) is 0 Å². The largest absolute Gasteiger partial charge is 0.493 e. The standard InChI is InChI=1S/C16H16ClF3N4O3/c1-26-9-4-3-7(5-10(9)27-2)8-6-11(16(18,19)20)24-15(22-8)12(17)13(23-24)14(21)25/h3-5,8,11,22H,6H2,1-2H3,(H2,21,25)/t8-,11+/m0/s1. The summed E-state index contributed by atoms with van der Waals surface area (Å²) in [6.45, 7) is 0. The summed E-state index contributed by atoms with van der Waals surface area (Å²) in [6.07, 6.45) is -4.96. The molecule has 11 heteroatoms. The van der Waals surface area contributed by atoms with Crippen LogP contribution in [0.2, 0.25) is 5.02 Å². The van der Waals surface area contributed by atoms with E-state index in [1.54, 1.807) is 18.2 Å². The number of benzene rings is 1. The highest BCUT2D eigenvalue weighted by Gasteiger charge is 2.47. The third-order valence-corrected chi connectivity index (χ3v) is 4.70. The normalized spacial score (nSPS) is 19.2. The van der Waals surface area contributed by atoms with E-state index in [-0.39, 0.29) is 17.3 Å². The van der Waals surface area contributed by atoms with Gasteiger partial charge in [-0.2, -0.15) is 18.3 Å². The summed E-state index contributed by atoms with van der Waals surface area (Å²) in [5, 5.41) is 6.33. The molecule has 2 heterocycles. The van der Waals surface area contributed by atoms with Crippen LogP contribution in [0.25, 0.3) is 0 Å². The number of fused-ring (bicyclic) bond motifs is 1. The van der Waals surface area contributed by atoms with Crippen LogP contribution in [0.4, 0.5) is 19.0 Å². The molecule has 0 bridgehead atoms. The first kappa shape index (κ1) is 19.2. The van der Waals surface area contributed by atoms with Gasteiger partial charge < -0.3 is 20.5 Å². The number of alkyl halides is 3. The summed E-state index contributed by atoms with van der Waals surface area (Å²) in [7, 11) is 2.89. The monoisotopic (exact) mass is 404 g/mol. The van der Waals surface area contributed by atoms with Gasteiger partial charge in [0.2, 0.25) is 0 Å². The van der Waals surface area contributed by atoms with Crippen LogP contribution in [0.15, 0.2) is 18.2 Å². The molecular formula is C16H16ClF3N4O3. The van der Waals surface area contributed by atoms with Gasteiger partial charge in [0, 0.05) is 6.42 Å². The SMILES string of the molecule is COc1ccc([C@@H]2C[C@H](C(F)(F)F)n3nc(C(N)=O)c(Cl)c3N2)cc1OC. The number of ether oxygens (including phenoxy) is 2. The number of amides is 1. The van der Waals surface area contributed by atoms with Gasteiger partial charge in [-0.1, -0.05) is 17.7 Å². The molecule has 1 aliphatic rings. The van der Waals surface area contributed by atoms with Gasteiger partial charge in [-0.05, 0) is 17.7 Å². The smallest absolute Gasteiger partial charge is 0.410 e. The minimum atomic E-state index is -4.60. The Morgan fingerprint density at radius 3 is 2.56 bits per heavy atom. The Morgan fingerprint density at radius 2 is 2.00 bits per heavy atom. The van der Waals surface area contributed by atoms with Gasteiger partial charge in [-0.25, -0.2) is 4.68 Å². The van der Waals surface area contributed by atoms with E-state index in [2.05, 4.69) is 10.4 Å². The number of aromatic nitrogens is 2. The third kappa shape index (κ3) is 3.36. The van der Waals surface area contributed by atoms with E-state index < -0.39 is 29.9 Å². The number of primary amides is 1. The molecular weight excluding hydrogens is 389 g/mol. The fourth-order valence-corrected chi connectivity index (χ4v) is 3.31. The lowest BCUT2D eigenvalue weighted by Gasteiger charge is -2.33. The van der Waals surface area contributed by atoms with E-state index in [4.69, 9.17) is 26.8 Å². The van der Waals surface area contributed by atoms with Crippen molar-refractivity contribution < 1.29 is 27.4 Å². The van der Waals surface area contributed by atoms with E-state index in [0.29, 0.717) is 21.7 Å². The Morgan fingerprint density at radius 1 is 1.33 bits per heavy atom. The lowest BCUT2D eigenvalue weighted by Crippen LogP contribution is -2.35. The van der Waals surface area contributed by atoms with Gasteiger partial charge in [0.15, 0.2) is 23.2 Å². The summed E-state index contributed by atoms with van der Waals surface area (Å²) in [5.41, 5.74) is 5.28. The molecule has 1 aromatic heterocycles. The van der Waals surface area contributed by atoms with Crippen molar-refractivity contribution in [1.82, 2.24) is 9.78 Å². The molecule has 1 amide bonds. The molecule has 7 nitrogen and oxygen atoms in total. The van der Waals surface area contributed by atoms with Gasteiger partial charge >= 0.3 is 6.18 Å². The highest BCUT2D eigenvalue weighted by molar-refractivity contribution is 6.36. The number of rotatable bonds is 4. The van der Waals surface area contributed by atoms with Crippen LogP contribution < -0.4 is 20.5 Å². The summed E-state index contributed by atoms with van der Waals surface area (Å²) < 4.78 is 51.9.